The summed E-state index contributed by atoms with van der Waals surface area (Å²) in [6, 6.07) is -0.292. The molecule has 7 nitrogen and oxygen atoms in total. The number of carboxylic acids is 1. The molecule has 2 fully saturated rings. The van der Waals surface area contributed by atoms with E-state index >= 15 is 0 Å². The van der Waals surface area contributed by atoms with Crippen LogP contribution in [0.15, 0.2) is 0 Å². The van der Waals surface area contributed by atoms with Gasteiger partial charge < -0.3 is 25.1 Å². The molecule has 0 aromatic carbocycles. The van der Waals surface area contributed by atoms with E-state index in [1.807, 2.05) is 6.92 Å². The van der Waals surface area contributed by atoms with Crippen LogP contribution >= 0.6 is 0 Å². The lowest BCUT2D eigenvalue weighted by atomic mass is 9.83. The van der Waals surface area contributed by atoms with Crippen LogP contribution in [-0.2, 0) is 4.79 Å². The fraction of sp³-hybridized carbons (Fsp3) is 0.846. The fourth-order valence-electron chi connectivity index (χ4n) is 3.13. The molecule has 3 N–H and O–H groups in total. The molecule has 2 amide bonds. The third-order valence-corrected chi connectivity index (χ3v) is 4.34. The molecule has 3 atom stereocenters. The zero-order valence-corrected chi connectivity index (χ0v) is 11.7. The van der Waals surface area contributed by atoms with Gasteiger partial charge in [-0.25, -0.2) is 4.79 Å². The third kappa shape index (κ3) is 2.60. The minimum Gasteiger partial charge on any atom is -0.481 e. The number of carbonyl (C=O) groups is 2. The highest BCUT2D eigenvalue weighted by Crippen LogP contribution is 2.36. The summed E-state index contributed by atoms with van der Waals surface area (Å²) in [5, 5.41) is 28.4. The second-order valence-electron chi connectivity index (χ2n) is 5.83. The molecule has 0 spiro atoms. The van der Waals surface area contributed by atoms with Gasteiger partial charge >= 0.3 is 12.0 Å². The van der Waals surface area contributed by atoms with E-state index in [-0.39, 0.29) is 25.7 Å². The van der Waals surface area contributed by atoms with Crippen molar-refractivity contribution >= 4 is 12.0 Å². The fourth-order valence-corrected chi connectivity index (χ4v) is 3.13. The van der Waals surface area contributed by atoms with E-state index in [1.165, 1.54) is 9.80 Å². The summed E-state index contributed by atoms with van der Waals surface area (Å²) in [5.41, 5.74) is -0.846. The van der Waals surface area contributed by atoms with Gasteiger partial charge in [0, 0.05) is 13.1 Å². The van der Waals surface area contributed by atoms with Crippen molar-refractivity contribution in [3.05, 3.63) is 0 Å². The van der Waals surface area contributed by atoms with E-state index in [0.717, 1.165) is 6.42 Å². The van der Waals surface area contributed by atoms with Crippen molar-refractivity contribution in [1.82, 2.24) is 9.80 Å². The SMILES string of the molecule is CCCC1(C(=O)O)CCN(C(=O)N2CC(O)C(O)C2)C1. The summed E-state index contributed by atoms with van der Waals surface area (Å²) in [5.74, 6) is -0.851. The van der Waals surface area contributed by atoms with Gasteiger partial charge in [0.25, 0.3) is 0 Å². The molecule has 0 aromatic heterocycles. The standard InChI is InChI=1S/C13H22N2O5/c1-2-3-13(11(18)19)4-5-14(8-13)12(20)15-6-9(16)10(17)7-15/h9-10,16-17H,2-8H2,1H3,(H,18,19). The maximum Gasteiger partial charge on any atom is 0.320 e. The first-order chi connectivity index (χ1) is 9.39. The zero-order valence-electron chi connectivity index (χ0n) is 11.7. The van der Waals surface area contributed by atoms with E-state index in [0.29, 0.717) is 19.4 Å². The van der Waals surface area contributed by atoms with Gasteiger partial charge in [-0.15, -0.1) is 0 Å². The molecule has 0 aliphatic carbocycles. The van der Waals surface area contributed by atoms with Crippen LogP contribution in [0.1, 0.15) is 26.2 Å². The highest BCUT2D eigenvalue weighted by molar-refractivity contribution is 5.80. The zero-order chi connectivity index (χ0) is 14.9. The maximum atomic E-state index is 12.3. The number of carbonyl (C=O) groups excluding carboxylic acids is 1. The van der Waals surface area contributed by atoms with Crippen LogP contribution in [0.3, 0.4) is 0 Å². The molecule has 0 bridgehead atoms. The van der Waals surface area contributed by atoms with Crippen molar-refractivity contribution in [2.24, 2.45) is 5.41 Å². The topological polar surface area (TPSA) is 101 Å². The Morgan fingerprint density at radius 2 is 1.80 bits per heavy atom. The molecule has 3 unspecified atom stereocenters. The first-order valence-electron chi connectivity index (χ1n) is 7.03. The molecule has 114 valence electrons. The molecule has 0 saturated carbocycles. The van der Waals surface area contributed by atoms with Crippen LogP contribution in [0.2, 0.25) is 0 Å². The molecule has 0 radical (unpaired) electrons. The number of β-amino-alcohol motifs (C(OH)–C–C–N with tert-alkyl or cyclic N) is 2. The Labute approximate surface area is 117 Å². The first kappa shape index (κ1) is 15.1. The van der Waals surface area contributed by atoms with Gasteiger partial charge in [0.1, 0.15) is 0 Å². The third-order valence-electron chi connectivity index (χ3n) is 4.34. The van der Waals surface area contributed by atoms with Crippen molar-refractivity contribution in [3.8, 4) is 0 Å². The molecule has 7 heteroatoms. The number of carboxylic acid groups (broad SMARTS) is 1. The van der Waals surface area contributed by atoms with Crippen LogP contribution in [0, 0.1) is 5.41 Å². The Bertz CT molecular complexity index is 392. The molecule has 2 aliphatic rings. The number of nitrogens with zero attached hydrogens (tertiary/aromatic N) is 2. The lowest BCUT2D eigenvalue weighted by Gasteiger charge is -2.27. The number of rotatable bonds is 3. The predicted octanol–water partition coefficient (Wildman–Crippen LogP) is -0.279. The minimum absolute atomic E-state index is 0.102. The van der Waals surface area contributed by atoms with Gasteiger partial charge in [0.05, 0.1) is 30.7 Å². The summed E-state index contributed by atoms with van der Waals surface area (Å²) in [7, 11) is 0. The van der Waals surface area contributed by atoms with E-state index < -0.39 is 23.6 Å². The molecular formula is C13H22N2O5. The number of aliphatic carboxylic acids is 1. The molecule has 2 saturated heterocycles. The van der Waals surface area contributed by atoms with Crippen molar-refractivity contribution < 1.29 is 24.9 Å². The van der Waals surface area contributed by atoms with Crippen LogP contribution in [0.5, 0.6) is 0 Å². The number of urea groups is 1. The molecule has 20 heavy (non-hydrogen) atoms. The predicted molar refractivity (Wildman–Crippen MR) is 70.1 cm³/mol. The van der Waals surface area contributed by atoms with E-state index in [2.05, 4.69) is 0 Å². The van der Waals surface area contributed by atoms with Gasteiger partial charge in [-0.3, -0.25) is 4.79 Å². The normalized spacial score (nSPS) is 33.8. The number of likely N-dealkylation sites (tertiary alicyclic amines) is 2. The Kier molecular flexibility index (Phi) is 4.19. The maximum absolute atomic E-state index is 12.3. The highest BCUT2D eigenvalue weighted by Gasteiger charge is 2.47. The lowest BCUT2D eigenvalue weighted by molar-refractivity contribution is -0.148. The van der Waals surface area contributed by atoms with Crippen molar-refractivity contribution in [1.29, 1.82) is 0 Å². The number of aliphatic hydroxyl groups is 2. The highest BCUT2D eigenvalue weighted by atomic mass is 16.4. The first-order valence-corrected chi connectivity index (χ1v) is 7.03. The monoisotopic (exact) mass is 286 g/mol. The number of hydrogen-bond donors (Lipinski definition) is 3. The summed E-state index contributed by atoms with van der Waals surface area (Å²) >= 11 is 0. The lowest BCUT2D eigenvalue weighted by Crippen LogP contribution is -2.43. The van der Waals surface area contributed by atoms with Gasteiger partial charge in [0.2, 0.25) is 0 Å². The Hall–Kier alpha value is -1.34. The number of hydrogen-bond acceptors (Lipinski definition) is 4. The average molecular weight is 286 g/mol. The van der Waals surface area contributed by atoms with Crippen molar-refractivity contribution in [2.75, 3.05) is 26.2 Å². The smallest absolute Gasteiger partial charge is 0.320 e. The second kappa shape index (κ2) is 5.57. The quantitative estimate of drug-likeness (QED) is 0.662. The molecular weight excluding hydrogens is 264 g/mol. The summed E-state index contributed by atoms with van der Waals surface area (Å²) in [4.78, 5) is 26.7. The molecule has 2 heterocycles. The number of amides is 2. The Morgan fingerprint density at radius 1 is 1.20 bits per heavy atom. The molecule has 2 rings (SSSR count). The van der Waals surface area contributed by atoms with Crippen molar-refractivity contribution in [2.45, 2.75) is 38.4 Å². The van der Waals surface area contributed by atoms with E-state index in [1.54, 1.807) is 0 Å². The Balaban J connectivity index is 2.01. The van der Waals surface area contributed by atoms with Crippen LogP contribution in [-0.4, -0.2) is 75.5 Å². The van der Waals surface area contributed by atoms with Crippen LogP contribution in [0.4, 0.5) is 4.79 Å². The molecule has 0 aromatic rings. The van der Waals surface area contributed by atoms with Gasteiger partial charge in [-0.2, -0.15) is 0 Å². The van der Waals surface area contributed by atoms with Gasteiger partial charge in [0.15, 0.2) is 0 Å². The minimum atomic E-state index is -0.915. The second-order valence-corrected chi connectivity index (χ2v) is 5.83. The Morgan fingerprint density at radius 3 is 2.30 bits per heavy atom. The van der Waals surface area contributed by atoms with Gasteiger partial charge in [-0.1, -0.05) is 13.3 Å². The largest absolute Gasteiger partial charge is 0.481 e. The average Bonchev–Trinajstić information content (AvgIpc) is 2.95. The molecule has 2 aliphatic heterocycles. The van der Waals surface area contributed by atoms with Gasteiger partial charge in [-0.05, 0) is 12.8 Å². The summed E-state index contributed by atoms with van der Waals surface area (Å²) < 4.78 is 0. The summed E-state index contributed by atoms with van der Waals surface area (Å²) in [6.45, 7) is 2.75. The summed E-state index contributed by atoms with van der Waals surface area (Å²) in [6.07, 6.45) is -0.0592. The van der Waals surface area contributed by atoms with E-state index in [4.69, 9.17) is 0 Å². The number of aliphatic hydroxyl groups excluding tert-OH is 2. The van der Waals surface area contributed by atoms with Crippen LogP contribution < -0.4 is 0 Å². The van der Waals surface area contributed by atoms with Crippen LogP contribution in [0.25, 0.3) is 0 Å². The van der Waals surface area contributed by atoms with E-state index in [9.17, 15) is 24.9 Å². The van der Waals surface area contributed by atoms with Crippen molar-refractivity contribution in [3.63, 3.8) is 0 Å².